The van der Waals surface area contributed by atoms with Crippen molar-refractivity contribution in [1.82, 2.24) is 19.9 Å². The minimum absolute atomic E-state index is 0.0444. The topological polar surface area (TPSA) is 89.3 Å². The minimum Gasteiger partial charge on any atom is -0.497 e. The number of aryl methyl sites for hydroxylation is 1. The van der Waals surface area contributed by atoms with Gasteiger partial charge in [0.05, 0.1) is 13.7 Å². The fraction of sp³-hybridized carbons (Fsp3) is 0.310. The second-order valence-corrected chi connectivity index (χ2v) is 9.49. The van der Waals surface area contributed by atoms with Crippen molar-refractivity contribution in [3.63, 3.8) is 0 Å². The molecule has 1 aliphatic heterocycles. The van der Waals surface area contributed by atoms with Crippen molar-refractivity contribution in [2.75, 3.05) is 25.1 Å². The van der Waals surface area contributed by atoms with Crippen LogP contribution in [-0.2, 0) is 17.9 Å². The van der Waals surface area contributed by atoms with Crippen LogP contribution in [0.15, 0.2) is 71.7 Å². The van der Waals surface area contributed by atoms with Crippen LogP contribution in [0.25, 0.3) is 11.2 Å². The van der Waals surface area contributed by atoms with Gasteiger partial charge in [-0.2, -0.15) is 0 Å². The molecule has 5 rings (SSSR count). The smallest absolute Gasteiger partial charge is 0.295 e. The summed E-state index contributed by atoms with van der Waals surface area (Å²) in [5, 5.41) is 3.05. The van der Waals surface area contributed by atoms with Gasteiger partial charge in [0.1, 0.15) is 11.3 Å². The maximum absolute atomic E-state index is 13.6. The van der Waals surface area contributed by atoms with Crippen LogP contribution in [0.1, 0.15) is 29.5 Å². The van der Waals surface area contributed by atoms with Crippen LogP contribution in [0.4, 0.5) is 5.82 Å². The highest BCUT2D eigenvalue weighted by atomic mass is 16.5. The van der Waals surface area contributed by atoms with Crippen LogP contribution in [0.2, 0.25) is 0 Å². The number of anilines is 1. The molecular formula is C29H31N5O3. The highest BCUT2D eigenvalue weighted by Gasteiger charge is 2.27. The molecule has 8 heteroatoms. The molecule has 0 spiro atoms. The second-order valence-electron chi connectivity index (χ2n) is 9.49. The zero-order valence-electron chi connectivity index (χ0n) is 21.2. The van der Waals surface area contributed by atoms with Crippen LogP contribution < -0.4 is 20.5 Å². The first-order chi connectivity index (χ1) is 18.0. The maximum atomic E-state index is 13.6. The highest BCUT2D eigenvalue weighted by molar-refractivity contribution is 5.79. The number of hydrogen-bond acceptors (Lipinski definition) is 6. The zero-order valence-corrected chi connectivity index (χ0v) is 21.2. The molecule has 0 bridgehead atoms. The third kappa shape index (κ3) is 5.48. The number of carbonyl (C=O) groups is 1. The third-order valence-electron chi connectivity index (χ3n) is 6.94. The molecule has 0 unspecified atom stereocenters. The lowest BCUT2D eigenvalue weighted by Gasteiger charge is -2.32. The van der Waals surface area contributed by atoms with Crippen molar-refractivity contribution in [3.05, 3.63) is 93.9 Å². The first-order valence-corrected chi connectivity index (χ1v) is 12.6. The summed E-state index contributed by atoms with van der Waals surface area (Å²) in [4.78, 5) is 37.6. The van der Waals surface area contributed by atoms with Crippen molar-refractivity contribution >= 4 is 22.9 Å². The van der Waals surface area contributed by atoms with Crippen molar-refractivity contribution in [2.24, 2.45) is 5.92 Å². The van der Waals surface area contributed by atoms with Crippen molar-refractivity contribution < 1.29 is 9.53 Å². The monoisotopic (exact) mass is 497 g/mol. The van der Waals surface area contributed by atoms with Gasteiger partial charge in [0.15, 0.2) is 11.5 Å². The van der Waals surface area contributed by atoms with Gasteiger partial charge >= 0.3 is 0 Å². The van der Waals surface area contributed by atoms with E-state index in [0.29, 0.717) is 56.0 Å². The van der Waals surface area contributed by atoms with E-state index in [-0.39, 0.29) is 17.4 Å². The number of rotatable bonds is 7. The van der Waals surface area contributed by atoms with E-state index >= 15 is 0 Å². The second kappa shape index (κ2) is 10.8. The summed E-state index contributed by atoms with van der Waals surface area (Å²) >= 11 is 0. The Balaban J connectivity index is 1.29. The molecule has 1 N–H and O–H groups in total. The number of piperidine rings is 1. The highest BCUT2D eigenvalue weighted by Crippen LogP contribution is 2.22. The standard InChI is InChI=1S/C29H31N5O3/c1-20-5-7-22(8-6-20)19-34-26-25(4-3-15-30-26)32-27(29(34)36)33-16-13-23(14-17-33)28(35)31-18-21-9-11-24(37-2)12-10-21/h3-12,15,23H,13-14,16-19H2,1-2H3,(H,31,35). The Kier molecular flexibility index (Phi) is 7.16. The number of fused-ring (bicyclic) bond motifs is 1. The van der Waals surface area contributed by atoms with Crippen molar-refractivity contribution in [2.45, 2.75) is 32.9 Å². The SMILES string of the molecule is COc1ccc(CNC(=O)C2CCN(c3nc4cccnc4n(Cc4ccc(C)cc4)c3=O)CC2)cc1. The predicted molar refractivity (Wildman–Crippen MR) is 144 cm³/mol. The Bertz CT molecular complexity index is 1440. The Labute approximate surface area is 215 Å². The third-order valence-corrected chi connectivity index (χ3v) is 6.94. The number of pyridine rings is 1. The molecule has 4 aromatic rings. The minimum atomic E-state index is -0.158. The molecule has 3 heterocycles. The van der Waals surface area contributed by atoms with Crippen molar-refractivity contribution in [1.29, 1.82) is 0 Å². The van der Waals surface area contributed by atoms with Crippen LogP contribution in [0, 0.1) is 12.8 Å². The summed E-state index contributed by atoms with van der Waals surface area (Å²) in [6.07, 6.45) is 3.02. The number of ether oxygens (including phenoxy) is 1. The summed E-state index contributed by atoms with van der Waals surface area (Å²) in [5.74, 6) is 1.16. The van der Waals surface area contributed by atoms with E-state index in [4.69, 9.17) is 9.72 Å². The summed E-state index contributed by atoms with van der Waals surface area (Å²) in [7, 11) is 1.63. The molecule has 1 fully saturated rings. The Morgan fingerprint density at radius 1 is 1.03 bits per heavy atom. The van der Waals surface area contributed by atoms with E-state index in [0.717, 1.165) is 16.9 Å². The Morgan fingerprint density at radius 2 is 1.73 bits per heavy atom. The average Bonchev–Trinajstić information content (AvgIpc) is 2.94. The number of carbonyl (C=O) groups excluding carboxylic acids is 1. The number of benzene rings is 2. The van der Waals surface area contributed by atoms with Crippen molar-refractivity contribution in [3.8, 4) is 5.75 Å². The fourth-order valence-electron chi connectivity index (χ4n) is 4.72. The van der Waals surface area contributed by atoms with Gasteiger partial charge in [0.2, 0.25) is 5.91 Å². The normalized spacial score (nSPS) is 14.1. The molecule has 1 saturated heterocycles. The first-order valence-electron chi connectivity index (χ1n) is 12.6. The Hall–Kier alpha value is -4.20. The van der Waals surface area contributed by atoms with E-state index in [1.165, 1.54) is 5.56 Å². The lowest BCUT2D eigenvalue weighted by Crippen LogP contribution is -2.43. The van der Waals surface area contributed by atoms with Gasteiger partial charge in [0.25, 0.3) is 5.56 Å². The van der Waals surface area contributed by atoms with E-state index in [9.17, 15) is 9.59 Å². The number of nitrogens with zero attached hydrogens (tertiary/aromatic N) is 4. The van der Waals surface area contributed by atoms with E-state index in [1.54, 1.807) is 17.9 Å². The van der Waals surface area contributed by atoms with E-state index in [1.807, 2.05) is 72.5 Å². The van der Waals surface area contributed by atoms with Gasteiger partial charge in [0, 0.05) is 31.7 Å². The molecular weight excluding hydrogens is 466 g/mol. The largest absolute Gasteiger partial charge is 0.497 e. The number of hydrogen-bond donors (Lipinski definition) is 1. The number of methoxy groups -OCH3 is 1. The quantitative estimate of drug-likeness (QED) is 0.419. The lowest BCUT2D eigenvalue weighted by atomic mass is 9.96. The van der Waals surface area contributed by atoms with Gasteiger partial charge in [-0.3, -0.25) is 14.2 Å². The summed E-state index contributed by atoms with van der Waals surface area (Å²) in [6, 6.07) is 19.5. The Morgan fingerprint density at radius 3 is 2.43 bits per heavy atom. The van der Waals surface area contributed by atoms with Gasteiger partial charge in [-0.15, -0.1) is 0 Å². The van der Waals surface area contributed by atoms with Gasteiger partial charge < -0.3 is 15.0 Å². The van der Waals surface area contributed by atoms with Crippen LogP contribution in [0.5, 0.6) is 5.75 Å². The molecule has 37 heavy (non-hydrogen) atoms. The molecule has 8 nitrogen and oxygen atoms in total. The van der Waals surface area contributed by atoms with Gasteiger partial charge in [-0.1, -0.05) is 42.0 Å². The molecule has 2 aromatic carbocycles. The molecule has 190 valence electrons. The maximum Gasteiger partial charge on any atom is 0.295 e. The van der Waals surface area contributed by atoms with Crippen LogP contribution >= 0.6 is 0 Å². The van der Waals surface area contributed by atoms with Crippen LogP contribution in [0.3, 0.4) is 0 Å². The predicted octanol–water partition coefficient (Wildman–Crippen LogP) is 3.69. The molecule has 1 aliphatic rings. The molecule has 0 radical (unpaired) electrons. The summed E-state index contributed by atoms with van der Waals surface area (Å²) < 4.78 is 6.89. The summed E-state index contributed by atoms with van der Waals surface area (Å²) in [6.45, 7) is 4.14. The van der Waals surface area contributed by atoms with Gasteiger partial charge in [-0.05, 0) is 55.2 Å². The van der Waals surface area contributed by atoms with Crippen LogP contribution in [-0.4, -0.2) is 40.6 Å². The molecule has 0 saturated carbocycles. The molecule has 2 aromatic heterocycles. The zero-order chi connectivity index (χ0) is 25.8. The number of aromatic nitrogens is 3. The first kappa shape index (κ1) is 24.5. The fourth-order valence-corrected chi connectivity index (χ4v) is 4.72. The average molecular weight is 498 g/mol. The van der Waals surface area contributed by atoms with E-state index < -0.39 is 0 Å². The molecule has 1 amide bonds. The lowest BCUT2D eigenvalue weighted by molar-refractivity contribution is -0.125. The number of nitrogens with one attached hydrogen (secondary N) is 1. The number of amides is 1. The molecule has 0 atom stereocenters. The van der Waals surface area contributed by atoms with Gasteiger partial charge in [-0.25, -0.2) is 9.97 Å². The summed E-state index contributed by atoms with van der Waals surface area (Å²) in [5.41, 5.74) is 4.33. The molecule has 0 aliphatic carbocycles. The van der Waals surface area contributed by atoms with E-state index in [2.05, 4.69) is 10.3 Å².